The quantitative estimate of drug-likeness (QED) is 0.480. The molecule has 1 atom stereocenters. The molecule has 0 radical (unpaired) electrons. The molecule has 1 nitrogen and oxygen atoms in total. The minimum Gasteiger partial charge on any atom is -0.377 e. The molecule has 0 aromatic carbocycles. The number of unbranched alkanes of at least 4 members (excludes halogenated alkanes) is 4. The summed E-state index contributed by atoms with van der Waals surface area (Å²) in [5, 5.41) is 0. The van der Waals surface area contributed by atoms with E-state index >= 15 is 0 Å². The van der Waals surface area contributed by atoms with E-state index in [-0.39, 0.29) is 0 Å². The van der Waals surface area contributed by atoms with Gasteiger partial charge in [-0.2, -0.15) is 0 Å². The average molecular weight is 194 g/mol. The molecule has 1 unspecified atom stereocenters. The summed E-state index contributed by atoms with van der Waals surface area (Å²) in [5.41, 5.74) is 0. The lowest BCUT2D eigenvalue weighted by Gasteiger charge is -2.01. The molecular weight excluding hydrogens is 172 g/mol. The van der Waals surface area contributed by atoms with Gasteiger partial charge in [0.2, 0.25) is 0 Å². The highest BCUT2D eigenvalue weighted by atomic mass is 16.5. The molecule has 0 spiro atoms. The molecule has 80 valence electrons. The van der Waals surface area contributed by atoms with E-state index < -0.39 is 0 Å². The lowest BCUT2D eigenvalue weighted by atomic mass is 10.1. The van der Waals surface area contributed by atoms with E-state index in [2.05, 4.69) is 18.8 Å². The van der Waals surface area contributed by atoms with Crippen LogP contribution in [0.5, 0.6) is 0 Å². The van der Waals surface area contributed by atoms with Gasteiger partial charge in [0.05, 0.1) is 6.10 Å². The maximum absolute atomic E-state index is 5.50. The van der Waals surface area contributed by atoms with Crippen molar-refractivity contribution in [3.8, 4) is 11.8 Å². The van der Waals surface area contributed by atoms with E-state index in [0.29, 0.717) is 6.10 Å². The Morgan fingerprint density at radius 1 is 1.21 bits per heavy atom. The van der Waals surface area contributed by atoms with Crippen LogP contribution in [0, 0.1) is 11.8 Å². The van der Waals surface area contributed by atoms with Crippen LogP contribution in [0.4, 0.5) is 0 Å². The number of hydrogen-bond donors (Lipinski definition) is 0. The number of ether oxygens (including phenoxy) is 1. The van der Waals surface area contributed by atoms with E-state index in [4.69, 9.17) is 4.74 Å². The van der Waals surface area contributed by atoms with Gasteiger partial charge in [0, 0.05) is 19.4 Å². The Morgan fingerprint density at radius 3 is 2.86 bits per heavy atom. The van der Waals surface area contributed by atoms with Gasteiger partial charge in [-0.3, -0.25) is 0 Å². The van der Waals surface area contributed by atoms with Crippen molar-refractivity contribution in [1.82, 2.24) is 0 Å². The summed E-state index contributed by atoms with van der Waals surface area (Å²) in [6, 6.07) is 0. The van der Waals surface area contributed by atoms with Crippen LogP contribution >= 0.6 is 0 Å². The third-order valence-electron chi connectivity index (χ3n) is 2.63. The second kappa shape index (κ2) is 7.88. The predicted octanol–water partition coefficient (Wildman–Crippen LogP) is 3.53. The molecule has 0 aliphatic carbocycles. The SMILES string of the molecule is CCCCCCC#CCC1CCCO1. The summed E-state index contributed by atoms with van der Waals surface area (Å²) in [4.78, 5) is 0. The van der Waals surface area contributed by atoms with Crippen molar-refractivity contribution in [2.75, 3.05) is 6.61 Å². The lowest BCUT2D eigenvalue weighted by Crippen LogP contribution is -2.02. The molecule has 1 rings (SSSR count). The Hall–Kier alpha value is -0.480. The smallest absolute Gasteiger partial charge is 0.0685 e. The molecule has 1 heteroatoms. The zero-order chi connectivity index (χ0) is 10.1. The zero-order valence-electron chi connectivity index (χ0n) is 9.35. The Morgan fingerprint density at radius 2 is 2.14 bits per heavy atom. The summed E-state index contributed by atoms with van der Waals surface area (Å²) in [5.74, 6) is 6.47. The first-order valence-electron chi connectivity index (χ1n) is 6.01. The maximum Gasteiger partial charge on any atom is 0.0685 e. The van der Waals surface area contributed by atoms with Crippen molar-refractivity contribution in [2.45, 2.75) is 64.4 Å². The molecule has 0 aromatic rings. The molecule has 0 saturated carbocycles. The van der Waals surface area contributed by atoms with Crippen molar-refractivity contribution in [2.24, 2.45) is 0 Å². The molecule has 0 N–H and O–H groups in total. The molecule has 1 aliphatic heterocycles. The van der Waals surface area contributed by atoms with Crippen LogP contribution in [-0.2, 0) is 4.74 Å². The first kappa shape index (κ1) is 11.6. The lowest BCUT2D eigenvalue weighted by molar-refractivity contribution is 0.115. The number of rotatable bonds is 5. The minimum absolute atomic E-state index is 0.443. The van der Waals surface area contributed by atoms with Crippen molar-refractivity contribution < 1.29 is 4.74 Å². The van der Waals surface area contributed by atoms with E-state index in [1.807, 2.05) is 0 Å². The van der Waals surface area contributed by atoms with Crippen LogP contribution in [-0.4, -0.2) is 12.7 Å². The van der Waals surface area contributed by atoms with Crippen molar-refractivity contribution in [1.29, 1.82) is 0 Å². The van der Waals surface area contributed by atoms with Crippen LogP contribution in [0.1, 0.15) is 58.3 Å². The van der Waals surface area contributed by atoms with Gasteiger partial charge in [-0.05, 0) is 19.3 Å². The molecule has 0 amide bonds. The van der Waals surface area contributed by atoms with Crippen LogP contribution in [0.2, 0.25) is 0 Å². The third-order valence-corrected chi connectivity index (χ3v) is 2.63. The summed E-state index contributed by atoms with van der Waals surface area (Å²) in [6.07, 6.45) is 10.2. The van der Waals surface area contributed by atoms with Gasteiger partial charge in [0.15, 0.2) is 0 Å². The summed E-state index contributed by atoms with van der Waals surface area (Å²) in [6.45, 7) is 3.19. The van der Waals surface area contributed by atoms with Gasteiger partial charge < -0.3 is 4.74 Å². The Kier molecular flexibility index (Phi) is 6.53. The maximum atomic E-state index is 5.50. The number of hydrogen-bond acceptors (Lipinski definition) is 1. The largest absolute Gasteiger partial charge is 0.377 e. The highest BCUT2D eigenvalue weighted by molar-refractivity contribution is 5.00. The third kappa shape index (κ3) is 5.29. The van der Waals surface area contributed by atoms with Gasteiger partial charge in [-0.15, -0.1) is 11.8 Å². The first-order chi connectivity index (χ1) is 6.93. The van der Waals surface area contributed by atoms with Gasteiger partial charge >= 0.3 is 0 Å². The highest BCUT2D eigenvalue weighted by Gasteiger charge is 2.13. The topological polar surface area (TPSA) is 9.23 Å². The van der Waals surface area contributed by atoms with Gasteiger partial charge in [0.1, 0.15) is 0 Å². The van der Waals surface area contributed by atoms with Crippen molar-refractivity contribution in [3.63, 3.8) is 0 Å². The van der Waals surface area contributed by atoms with E-state index in [0.717, 1.165) is 19.4 Å². The Labute approximate surface area is 88.2 Å². The molecule has 0 bridgehead atoms. The van der Waals surface area contributed by atoms with E-state index in [1.54, 1.807) is 0 Å². The normalized spacial score (nSPS) is 20.5. The van der Waals surface area contributed by atoms with E-state index in [9.17, 15) is 0 Å². The Balaban J connectivity index is 1.91. The molecular formula is C13H22O. The van der Waals surface area contributed by atoms with Gasteiger partial charge in [-0.1, -0.05) is 26.2 Å². The van der Waals surface area contributed by atoms with Crippen LogP contribution < -0.4 is 0 Å². The summed E-state index contributed by atoms with van der Waals surface area (Å²) < 4.78 is 5.50. The fourth-order valence-corrected chi connectivity index (χ4v) is 1.72. The summed E-state index contributed by atoms with van der Waals surface area (Å²) in [7, 11) is 0. The molecule has 1 heterocycles. The molecule has 14 heavy (non-hydrogen) atoms. The summed E-state index contributed by atoms with van der Waals surface area (Å²) >= 11 is 0. The van der Waals surface area contributed by atoms with Crippen molar-refractivity contribution >= 4 is 0 Å². The Bertz CT molecular complexity index is 181. The second-order valence-electron chi connectivity index (χ2n) is 4.00. The van der Waals surface area contributed by atoms with E-state index in [1.165, 1.54) is 38.5 Å². The predicted molar refractivity (Wildman–Crippen MR) is 60.1 cm³/mol. The molecule has 1 fully saturated rings. The van der Waals surface area contributed by atoms with Crippen LogP contribution in [0.3, 0.4) is 0 Å². The standard InChI is InChI=1S/C13H22O/c1-2-3-4-5-6-7-8-10-13-11-9-12-14-13/h13H,2-6,9-12H2,1H3. The van der Waals surface area contributed by atoms with Crippen molar-refractivity contribution in [3.05, 3.63) is 0 Å². The van der Waals surface area contributed by atoms with Crippen LogP contribution in [0.15, 0.2) is 0 Å². The average Bonchev–Trinajstić information content (AvgIpc) is 2.69. The minimum atomic E-state index is 0.443. The van der Waals surface area contributed by atoms with Crippen LogP contribution in [0.25, 0.3) is 0 Å². The monoisotopic (exact) mass is 194 g/mol. The fourth-order valence-electron chi connectivity index (χ4n) is 1.72. The van der Waals surface area contributed by atoms with Gasteiger partial charge in [-0.25, -0.2) is 0 Å². The fraction of sp³-hybridized carbons (Fsp3) is 0.846. The van der Waals surface area contributed by atoms with Gasteiger partial charge in [0.25, 0.3) is 0 Å². The zero-order valence-corrected chi connectivity index (χ0v) is 9.35. The highest BCUT2D eigenvalue weighted by Crippen LogP contribution is 2.14. The molecule has 1 saturated heterocycles. The molecule has 1 aliphatic rings. The second-order valence-corrected chi connectivity index (χ2v) is 4.00. The first-order valence-corrected chi connectivity index (χ1v) is 6.01. The molecule has 0 aromatic heterocycles.